The minimum atomic E-state index is -3.38. The van der Waals surface area contributed by atoms with E-state index in [1.54, 1.807) is 7.05 Å². The van der Waals surface area contributed by atoms with Gasteiger partial charge in [-0.2, -0.15) is 0 Å². The first-order valence-corrected chi connectivity index (χ1v) is 11.7. The molecule has 0 aliphatic carbocycles. The first-order chi connectivity index (χ1) is 14.4. The molecule has 2 rings (SSSR count). The number of hydrogen-bond acceptors (Lipinski definition) is 4. The second kappa shape index (κ2) is 12.2. The molecule has 0 atom stereocenters. The lowest BCUT2D eigenvalue weighted by Gasteiger charge is -2.15. The average molecular weight is 433 g/mol. The van der Waals surface area contributed by atoms with Crippen LogP contribution in [0.3, 0.4) is 0 Å². The Morgan fingerprint density at radius 2 is 1.67 bits per heavy atom. The van der Waals surface area contributed by atoms with E-state index >= 15 is 0 Å². The van der Waals surface area contributed by atoms with Gasteiger partial charge in [0.2, 0.25) is 10.0 Å². The van der Waals surface area contributed by atoms with Crippen LogP contribution in [0.25, 0.3) is 0 Å². The number of para-hydroxylation sites is 1. The van der Waals surface area contributed by atoms with Crippen molar-refractivity contribution in [1.29, 1.82) is 0 Å². The van der Waals surface area contributed by atoms with Gasteiger partial charge in [-0.1, -0.05) is 42.5 Å². The van der Waals surface area contributed by atoms with Crippen LogP contribution in [-0.2, 0) is 22.3 Å². The molecule has 2 aromatic rings. The number of nitrogens with zero attached hydrogens (tertiary/aromatic N) is 1. The maximum absolute atomic E-state index is 12.3. The summed E-state index contributed by atoms with van der Waals surface area (Å²) in [6.45, 7) is 5.42. The van der Waals surface area contributed by atoms with Crippen molar-refractivity contribution >= 4 is 16.0 Å². The predicted octanol–water partition coefficient (Wildman–Crippen LogP) is 2.65. The molecular formula is C22H32N4O3S. The van der Waals surface area contributed by atoms with Crippen LogP contribution in [0.15, 0.2) is 59.6 Å². The Morgan fingerprint density at radius 3 is 2.33 bits per heavy atom. The van der Waals surface area contributed by atoms with Gasteiger partial charge in [-0.15, -0.1) is 0 Å². The molecule has 7 nitrogen and oxygen atoms in total. The van der Waals surface area contributed by atoms with Crippen LogP contribution in [-0.4, -0.2) is 40.6 Å². The van der Waals surface area contributed by atoms with Crippen LogP contribution in [0, 0.1) is 0 Å². The summed E-state index contributed by atoms with van der Waals surface area (Å²) in [6.07, 6.45) is 0.825. The number of sulfonamides is 1. The van der Waals surface area contributed by atoms with E-state index in [-0.39, 0.29) is 11.8 Å². The highest BCUT2D eigenvalue weighted by Crippen LogP contribution is 2.12. The zero-order valence-electron chi connectivity index (χ0n) is 17.9. The second-order valence-electron chi connectivity index (χ2n) is 7.17. The average Bonchev–Trinajstić information content (AvgIpc) is 2.70. The van der Waals surface area contributed by atoms with Gasteiger partial charge in [0.05, 0.1) is 12.4 Å². The maximum atomic E-state index is 12.3. The Morgan fingerprint density at radius 1 is 1.00 bits per heavy atom. The molecule has 0 aliphatic heterocycles. The summed E-state index contributed by atoms with van der Waals surface area (Å²) in [4.78, 5) is 4.23. The minimum absolute atomic E-state index is 0.0497. The van der Waals surface area contributed by atoms with Crippen LogP contribution < -0.4 is 20.1 Å². The van der Waals surface area contributed by atoms with E-state index in [4.69, 9.17) is 4.74 Å². The van der Waals surface area contributed by atoms with Gasteiger partial charge in [0.25, 0.3) is 0 Å². The quantitative estimate of drug-likeness (QED) is 0.288. The molecule has 0 spiro atoms. The van der Waals surface area contributed by atoms with E-state index in [0.29, 0.717) is 25.7 Å². The Hall–Kier alpha value is -2.58. The van der Waals surface area contributed by atoms with Crippen LogP contribution >= 0.6 is 0 Å². The molecule has 3 N–H and O–H groups in total. The van der Waals surface area contributed by atoms with E-state index in [2.05, 4.69) is 20.3 Å². The topological polar surface area (TPSA) is 91.8 Å². The highest BCUT2D eigenvalue weighted by atomic mass is 32.2. The summed E-state index contributed by atoms with van der Waals surface area (Å²) in [5, 5.41) is 6.49. The van der Waals surface area contributed by atoms with Crippen molar-refractivity contribution < 1.29 is 13.2 Å². The molecule has 0 fully saturated rings. The SMILES string of the molecule is CN=C(NCCCOc1ccccc1)NCc1ccccc1CS(=O)(=O)NC(C)C. The standard InChI is InChI=1S/C22H32N4O3S/c1-18(2)26-30(27,28)17-20-11-8-7-10-19(20)16-25-22(23-3)24-14-9-15-29-21-12-5-4-6-13-21/h4-8,10-13,18,26H,9,14-17H2,1-3H3,(H2,23,24,25). The number of rotatable bonds is 11. The molecule has 0 heterocycles. The molecule has 164 valence electrons. The highest BCUT2D eigenvalue weighted by molar-refractivity contribution is 7.88. The first-order valence-electron chi connectivity index (χ1n) is 10.1. The third-order valence-electron chi connectivity index (χ3n) is 4.17. The fourth-order valence-electron chi connectivity index (χ4n) is 2.86. The number of ether oxygens (including phenoxy) is 1. The molecule has 0 saturated carbocycles. The molecular weight excluding hydrogens is 400 g/mol. The van der Waals surface area contributed by atoms with Crippen molar-refractivity contribution in [2.24, 2.45) is 4.99 Å². The molecule has 0 unspecified atom stereocenters. The van der Waals surface area contributed by atoms with Crippen molar-refractivity contribution in [1.82, 2.24) is 15.4 Å². The minimum Gasteiger partial charge on any atom is -0.494 e. The third-order valence-corrected chi connectivity index (χ3v) is 5.70. The molecule has 2 aromatic carbocycles. The fourth-order valence-corrected chi connectivity index (χ4v) is 4.35. The zero-order valence-corrected chi connectivity index (χ0v) is 18.7. The summed E-state index contributed by atoms with van der Waals surface area (Å²) >= 11 is 0. The highest BCUT2D eigenvalue weighted by Gasteiger charge is 2.15. The summed E-state index contributed by atoms with van der Waals surface area (Å²) in [5.41, 5.74) is 1.69. The third kappa shape index (κ3) is 8.84. The number of benzene rings is 2. The molecule has 0 bridgehead atoms. The van der Waals surface area contributed by atoms with Crippen molar-refractivity contribution in [2.45, 2.75) is 38.6 Å². The monoisotopic (exact) mass is 432 g/mol. The number of hydrogen-bond donors (Lipinski definition) is 3. The molecule has 0 amide bonds. The Labute approximate surface area is 180 Å². The van der Waals surface area contributed by atoms with Crippen molar-refractivity contribution in [2.75, 3.05) is 20.2 Å². The van der Waals surface area contributed by atoms with Crippen molar-refractivity contribution in [3.8, 4) is 5.75 Å². The predicted molar refractivity (Wildman–Crippen MR) is 122 cm³/mol. The summed E-state index contributed by atoms with van der Waals surface area (Å²) in [6, 6.07) is 17.1. The van der Waals surface area contributed by atoms with Gasteiger partial charge in [-0.05, 0) is 43.5 Å². The fraction of sp³-hybridized carbons (Fsp3) is 0.409. The summed E-state index contributed by atoms with van der Waals surface area (Å²) in [7, 11) is -1.67. The van der Waals surface area contributed by atoms with E-state index in [1.807, 2.05) is 68.4 Å². The Kier molecular flexibility index (Phi) is 9.63. The molecule has 0 saturated heterocycles. The van der Waals surface area contributed by atoms with E-state index in [1.165, 1.54) is 0 Å². The van der Waals surface area contributed by atoms with Crippen molar-refractivity contribution in [3.63, 3.8) is 0 Å². The van der Waals surface area contributed by atoms with Crippen LogP contribution in [0.5, 0.6) is 5.75 Å². The van der Waals surface area contributed by atoms with Gasteiger partial charge in [0.15, 0.2) is 5.96 Å². The number of guanidine groups is 1. The lowest BCUT2D eigenvalue weighted by atomic mass is 10.1. The van der Waals surface area contributed by atoms with E-state index < -0.39 is 10.0 Å². The van der Waals surface area contributed by atoms with Gasteiger partial charge in [-0.3, -0.25) is 4.99 Å². The lowest BCUT2D eigenvalue weighted by molar-refractivity contribution is 0.311. The van der Waals surface area contributed by atoms with E-state index in [0.717, 1.165) is 23.3 Å². The van der Waals surface area contributed by atoms with Crippen molar-refractivity contribution in [3.05, 3.63) is 65.7 Å². The van der Waals surface area contributed by atoms with Gasteiger partial charge in [0.1, 0.15) is 5.75 Å². The maximum Gasteiger partial charge on any atom is 0.216 e. The Bertz CT molecular complexity index is 900. The Balaban J connectivity index is 1.80. The van der Waals surface area contributed by atoms with Gasteiger partial charge in [-0.25, -0.2) is 13.1 Å². The first kappa shape index (κ1) is 23.7. The molecule has 0 radical (unpaired) electrons. The molecule has 8 heteroatoms. The zero-order chi connectivity index (χ0) is 21.8. The smallest absolute Gasteiger partial charge is 0.216 e. The second-order valence-corrected chi connectivity index (χ2v) is 8.92. The largest absolute Gasteiger partial charge is 0.494 e. The van der Waals surface area contributed by atoms with Gasteiger partial charge >= 0.3 is 0 Å². The van der Waals surface area contributed by atoms with Gasteiger partial charge in [0, 0.05) is 26.2 Å². The van der Waals surface area contributed by atoms with Crippen LogP contribution in [0.4, 0.5) is 0 Å². The normalized spacial score (nSPS) is 12.1. The van der Waals surface area contributed by atoms with E-state index in [9.17, 15) is 8.42 Å². The number of aliphatic imine (C=N–C) groups is 1. The van der Waals surface area contributed by atoms with Gasteiger partial charge < -0.3 is 15.4 Å². The number of nitrogens with one attached hydrogen (secondary N) is 3. The van der Waals surface area contributed by atoms with Crippen LogP contribution in [0.2, 0.25) is 0 Å². The molecule has 30 heavy (non-hydrogen) atoms. The van der Waals surface area contributed by atoms with Crippen LogP contribution in [0.1, 0.15) is 31.4 Å². The summed E-state index contributed by atoms with van der Waals surface area (Å²) < 4.78 is 32.9. The lowest BCUT2D eigenvalue weighted by Crippen LogP contribution is -2.38. The summed E-state index contributed by atoms with van der Waals surface area (Å²) in [5.74, 6) is 1.47. The molecule has 0 aromatic heterocycles. The molecule has 0 aliphatic rings.